The monoisotopic (exact) mass is 211 g/mol. The lowest BCUT2D eigenvalue weighted by Crippen LogP contribution is -2.03. The molecule has 2 rings (SSSR count). The van der Waals surface area contributed by atoms with Crippen molar-refractivity contribution in [2.24, 2.45) is 0 Å². The number of hydrogen-bond donors (Lipinski definition) is 1. The minimum Gasteiger partial charge on any atom is -0.364 e. The van der Waals surface area contributed by atoms with Crippen LogP contribution in [-0.2, 0) is 6.54 Å². The maximum Gasteiger partial charge on any atom is 0.126 e. The van der Waals surface area contributed by atoms with Crippen LogP contribution < -0.4 is 5.32 Å². The molecule has 0 unspecified atom stereocenters. The van der Waals surface area contributed by atoms with Gasteiger partial charge in [-0.3, -0.25) is 0 Å². The highest BCUT2D eigenvalue weighted by Gasteiger charge is 1.96. The number of anilines is 1. The first kappa shape index (κ1) is 10.1. The van der Waals surface area contributed by atoms with Crippen molar-refractivity contribution in [3.8, 4) is 6.07 Å². The van der Waals surface area contributed by atoms with Crippen LogP contribution in [0.1, 0.15) is 11.3 Å². The quantitative estimate of drug-likeness (QED) is 0.829. The zero-order valence-corrected chi connectivity index (χ0v) is 8.46. The van der Waals surface area contributed by atoms with Gasteiger partial charge in [0.25, 0.3) is 0 Å². The summed E-state index contributed by atoms with van der Waals surface area (Å²) in [6.07, 6.45) is 3.16. The van der Waals surface area contributed by atoms with Crippen LogP contribution in [-0.4, -0.2) is 15.2 Å². The van der Waals surface area contributed by atoms with Crippen molar-refractivity contribution in [3.05, 3.63) is 47.9 Å². The predicted octanol–water partition coefficient (Wildman–Crippen LogP) is 1.36. The Bertz CT molecular complexity index is 486. The molecule has 0 bridgehead atoms. The SMILES string of the molecule is N#Cc1ccc(NCc2cccnn2)nc1. The molecule has 0 aliphatic heterocycles. The summed E-state index contributed by atoms with van der Waals surface area (Å²) in [6, 6.07) is 9.20. The van der Waals surface area contributed by atoms with Crippen LogP contribution in [0.3, 0.4) is 0 Å². The van der Waals surface area contributed by atoms with Gasteiger partial charge < -0.3 is 5.32 Å². The molecule has 0 aliphatic rings. The van der Waals surface area contributed by atoms with Crippen molar-refractivity contribution >= 4 is 5.82 Å². The van der Waals surface area contributed by atoms with E-state index in [0.717, 1.165) is 5.69 Å². The zero-order chi connectivity index (χ0) is 11.2. The summed E-state index contributed by atoms with van der Waals surface area (Å²) in [5, 5.41) is 19.4. The maximum absolute atomic E-state index is 8.61. The van der Waals surface area contributed by atoms with Gasteiger partial charge in [-0.15, -0.1) is 0 Å². The van der Waals surface area contributed by atoms with Gasteiger partial charge in [-0.25, -0.2) is 4.98 Å². The summed E-state index contributed by atoms with van der Waals surface area (Å²) in [7, 11) is 0. The lowest BCUT2D eigenvalue weighted by atomic mass is 10.3. The normalized spacial score (nSPS) is 9.44. The molecule has 2 aromatic heterocycles. The molecule has 0 spiro atoms. The summed E-state index contributed by atoms with van der Waals surface area (Å²) in [4.78, 5) is 4.08. The third kappa shape index (κ3) is 2.51. The molecule has 16 heavy (non-hydrogen) atoms. The van der Waals surface area contributed by atoms with E-state index in [1.165, 1.54) is 6.20 Å². The number of hydrogen-bond acceptors (Lipinski definition) is 5. The molecular formula is C11H9N5. The van der Waals surface area contributed by atoms with Crippen LogP contribution in [0.15, 0.2) is 36.7 Å². The maximum atomic E-state index is 8.61. The lowest BCUT2D eigenvalue weighted by molar-refractivity contribution is 0.920. The van der Waals surface area contributed by atoms with E-state index >= 15 is 0 Å². The summed E-state index contributed by atoms with van der Waals surface area (Å²) in [6.45, 7) is 0.562. The smallest absolute Gasteiger partial charge is 0.126 e. The van der Waals surface area contributed by atoms with Crippen LogP contribution >= 0.6 is 0 Å². The first-order chi connectivity index (χ1) is 7.88. The molecule has 0 atom stereocenters. The number of rotatable bonds is 3. The largest absolute Gasteiger partial charge is 0.364 e. The minimum atomic E-state index is 0.546. The molecule has 1 N–H and O–H groups in total. The Balaban J connectivity index is 1.98. The van der Waals surface area contributed by atoms with Crippen molar-refractivity contribution in [2.45, 2.75) is 6.54 Å². The van der Waals surface area contributed by atoms with E-state index in [9.17, 15) is 0 Å². The highest BCUT2D eigenvalue weighted by Crippen LogP contribution is 2.05. The Kier molecular flexibility index (Phi) is 3.04. The number of nitrogens with one attached hydrogen (secondary N) is 1. The first-order valence-electron chi connectivity index (χ1n) is 4.75. The van der Waals surface area contributed by atoms with Gasteiger partial charge >= 0.3 is 0 Å². The zero-order valence-electron chi connectivity index (χ0n) is 8.46. The fraction of sp³-hybridized carbons (Fsp3) is 0.0909. The van der Waals surface area contributed by atoms with Crippen LogP contribution in [0.5, 0.6) is 0 Å². The van der Waals surface area contributed by atoms with E-state index in [4.69, 9.17) is 5.26 Å². The summed E-state index contributed by atoms with van der Waals surface area (Å²) in [5.41, 5.74) is 1.39. The third-order valence-corrected chi connectivity index (χ3v) is 1.97. The minimum absolute atomic E-state index is 0.546. The lowest BCUT2D eigenvalue weighted by Gasteiger charge is -2.03. The Hall–Kier alpha value is -2.48. The second-order valence-electron chi connectivity index (χ2n) is 3.11. The third-order valence-electron chi connectivity index (χ3n) is 1.97. The fourth-order valence-electron chi connectivity index (χ4n) is 1.17. The fourth-order valence-corrected chi connectivity index (χ4v) is 1.17. The highest BCUT2D eigenvalue weighted by atomic mass is 15.1. The Labute approximate surface area is 92.8 Å². The number of aromatic nitrogens is 3. The molecule has 0 fully saturated rings. The number of pyridine rings is 1. The van der Waals surface area contributed by atoms with E-state index in [-0.39, 0.29) is 0 Å². The van der Waals surface area contributed by atoms with Gasteiger partial charge in [-0.05, 0) is 24.3 Å². The van der Waals surface area contributed by atoms with E-state index in [0.29, 0.717) is 17.9 Å². The van der Waals surface area contributed by atoms with Gasteiger partial charge in [-0.1, -0.05) is 0 Å². The molecule has 0 radical (unpaired) electrons. The second-order valence-corrected chi connectivity index (χ2v) is 3.11. The van der Waals surface area contributed by atoms with E-state index < -0.39 is 0 Å². The van der Waals surface area contributed by atoms with Crippen molar-refractivity contribution in [3.63, 3.8) is 0 Å². The number of nitrogens with zero attached hydrogens (tertiary/aromatic N) is 4. The molecule has 0 aliphatic carbocycles. The van der Waals surface area contributed by atoms with Crippen molar-refractivity contribution < 1.29 is 0 Å². The van der Waals surface area contributed by atoms with Gasteiger partial charge in [0.15, 0.2) is 0 Å². The molecule has 78 valence electrons. The van der Waals surface area contributed by atoms with Gasteiger partial charge in [0.1, 0.15) is 11.9 Å². The van der Waals surface area contributed by atoms with Gasteiger partial charge in [0.2, 0.25) is 0 Å². The molecule has 5 heteroatoms. The van der Waals surface area contributed by atoms with Crippen molar-refractivity contribution in [2.75, 3.05) is 5.32 Å². The van der Waals surface area contributed by atoms with Crippen LogP contribution in [0.25, 0.3) is 0 Å². The van der Waals surface area contributed by atoms with E-state index in [1.54, 1.807) is 18.3 Å². The van der Waals surface area contributed by atoms with Crippen LogP contribution in [0.4, 0.5) is 5.82 Å². The predicted molar refractivity (Wildman–Crippen MR) is 58.3 cm³/mol. The Morgan fingerprint density at radius 3 is 2.88 bits per heavy atom. The van der Waals surface area contributed by atoms with E-state index in [1.807, 2.05) is 18.2 Å². The van der Waals surface area contributed by atoms with Crippen molar-refractivity contribution in [1.82, 2.24) is 15.2 Å². The van der Waals surface area contributed by atoms with Gasteiger partial charge in [-0.2, -0.15) is 15.5 Å². The Morgan fingerprint density at radius 1 is 1.31 bits per heavy atom. The molecule has 0 saturated heterocycles. The van der Waals surface area contributed by atoms with Gasteiger partial charge in [0, 0.05) is 12.4 Å². The molecule has 5 nitrogen and oxygen atoms in total. The molecule has 2 aromatic rings. The Morgan fingerprint density at radius 2 is 2.25 bits per heavy atom. The second kappa shape index (κ2) is 4.84. The van der Waals surface area contributed by atoms with Crippen LogP contribution in [0, 0.1) is 11.3 Å². The summed E-state index contributed by atoms with van der Waals surface area (Å²) in [5.74, 6) is 0.713. The van der Waals surface area contributed by atoms with Crippen molar-refractivity contribution in [1.29, 1.82) is 5.26 Å². The average molecular weight is 211 g/mol. The number of nitriles is 1. The summed E-state index contributed by atoms with van der Waals surface area (Å²) < 4.78 is 0. The molecule has 2 heterocycles. The van der Waals surface area contributed by atoms with Crippen LogP contribution in [0.2, 0.25) is 0 Å². The molecule has 0 saturated carbocycles. The van der Waals surface area contributed by atoms with Gasteiger partial charge in [0.05, 0.1) is 17.8 Å². The molecular weight excluding hydrogens is 202 g/mol. The highest BCUT2D eigenvalue weighted by molar-refractivity contribution is 5.39. The average Bonchev–Trinajstić information content (AvgIpc) is 2.38. The standard InChI is InChI=1S/C11H9N5/c12-6-9-3-4-11(13-7-9)14-8-10-2-1-5-15-16-10/h1-5,7H,8H2,(H,13,14). The molecule has 0 aromatic carbocycles. The molecule has 0 amide bonds. The summed E-state index contributed by atoms with van der Waals surface area (Å²) >= 11 is 0. The first-order valence-corrected chi connectivity index (χ1v) is 4.75. The van der Waals surface area contributed by atoms with E-state index in [2.05, 4.69) is 20.5 Å². The topological polar surface area (TPSA) is 74.5 Å².